The maximum absolute atomic E-state index is 8.86. The fourth-order valence-corrected chi connectivity index (χ4v) is 2.96. The Morgan fingerprint density at radius 3 is 2.87 bits per heavy atom. The van der Waals surface area contributed by atoms with Crippen molar-refractivity contribution in [1.29, 1.82) is 5.26 Å². The summed E-state index contributed by atoms with van der Waals surface area (Å²) in [5, 5.41) is 13.1. The van der Waals surface area contributed by atoms with Crippen molar-refractivity contribution in [3.8, 4) is 6.07 Å². The van der Waals surface area contributed by atoms with Gasteiger partial charge in [0.1, 0.15) is 0 Å². The van der Waals surface area contributed by atoms with Crippen molar-refractivity contribution in [2.45, 2.75) is 44.8 Å². The zero-order chi connectivity index (χ0) is 11.1. The first-order chi connectivity index (χ1) is 7.14. The van der Waals surface area contributed by atoms with Gasteiger partial charge in [-0.05, 0) is 45.4 Å². The molecule has 0 aromatic heterocycles. The molecule has 0 aromatic carbocycles. The van der Waals surface area contributed by atoms with Crippen molar-refractivity contribution < 1.29 is 0 Å². The molecule has 0 radical (unpaired) electrons. The van der Waals surface area contributed by atoms with Gasteiger partial charge in [-0.15, -0.1) is 0 Å². The van der Waals surface area contributed by atoms with Crippen LogP contribution >= 0.6 is 11.8 Å². The molecule has 0 amide bonds. The summed E-state index contributed by atoms with van der Waals surface area (Å²) in [6.45, 7) is 6.10. The van der Waals surface area contributed by atoms with Crippen LogP contribution in [-0.2, 0) is 0 Å². The van der Waals surface area contributed by atoms with Gasteiger partial charge >= 0.3 is 0 Å². The van der Waals surface area contributed by atoms with Crippen LogP contribution in [0.1, 0.15) is 39.5 Å². The first-order valence-corrected chi connectivity index (χ1v) is 6.92. The number of hydrogen-bond donors (Lipinski definition) is 1. The van der Waals surface area contributed by atoms with E-state index in [2.05, 4.69) is 23.1 Å². The summed E-state index contributed by atoms with van der Waals surface area (Å²) in [5.74, 6) is 1.33. The molecule has 1 heterocycles. The normalized spacial score (nSPS) is 22.3. The average molecular weight is 226 g/mol. The standard InChI is InChI=1S/C12H22N2S/c1-12(2,10-13)6-7-14-9-11-5-3-4-8-15-11/h11,14H,3-9H2,1-2H3. The van der Waals surface area contributed by atoms with Crippen molar-refractivity contribution in [3.63, 3.8) is 0 Å². The largest absolute Gasteiger partial charge is 0.316 e. The minimum absolute atomic E-state index is 0.174. The molecule has 1 rings (SSSR count). The van der Waals surface area contributed by atoms with Gasteiger partial charge in [-0.3, -0.25) is 0 Å². The molecule has 1 saturated heterocycles. The van der Waals surface area contributed by atoms with Crippen molar-refractivity contribution in [1.82, 2.24) is 5.32 Å². The third-order valence-corrected chi connectivity index (χ3v) is 4.27. The lowest BCUT2D eigenvalue weighted by Crippen LogP contribution is -2.29. The van der Waals surface area contributed by atoms with Crippen LogP contribution < -0.4 is 5.32 Å². The predicted octanol–water partition coefficient (Wildman–Crippen LogP) is 2.80. The second kappa shape index (κ2) is 6.40. The zero-order valence-electron chi connectivity index (χ0n) is 9.88. The molecule has 0 saturated carbocycles. The molecule has 3 heteroatoms. The maximum atomic E-state index is 8.86. The number of hydrogen-bond acceptors (Lipinski definition) is 3. The zero-order valence-corrected chi connectivity index (χ0v) is 10.7. The van der Waals surface area contributed by atoms with Crippen LogP contribution in [0.2, 0.25) is 0 Å². The Morgan fingerprint density at radius 1 is 1.47 bits per heavy atom. The second-order valence-electron chi connectivity index (χ2n) is 4.94. The average Bonchev–Trinajstić information content (AvgIpc) is 2.26. The molecule has 1 fully saturated rings. The highest BCUT2D eigenvalue weighted by Crippen LogP contribution is 2.24. The van der Waals surface area contributed by atoms with Crippen LogP contribution in [0.3, 0.4) is 0 Å². The van der Waals surface area contributed by atoms with Crippen molar-refractivity contribution >= 4 is 11.8 Å². The van der Waals surface area contributed by atoms with Crippen LogP contribution in [0, 0.1) is 16.7 Å². The van der Waals surface area contributed by atoms with Gasteiger partial charge in [0, 0.05) is 11.8 Å². The monoisotopic (exact) mass is 226 g/mol. The van der Waals surface area contributed by atoms with E-state index in [0.717, 1.165) is 24.8 Å². The van der Waals surface area contributed by atoms with E-state index in [1.165, 1.54) is 25.0 Å². The molecule has 1 atom stereocenters. The number of thioether (sulfide) groups is 1. The lowest BCUT2D eigenvalue weighted by molar-refractivity contribution is 0.430. The van der Waals surface area contributed by atoms with Gasteiger partial charge in [-0.25, -0.2) is 0 Å². The van der Waals surface area contributed by atoms with Crippen LogP contribution in [-0.4, -0.2) is 24.1 Å². The molecule has 0 aromatic rings. The van der Waals surface area contributed by atoms with Crippen LogP contribution in [0.4, 0.5) is 0 Å². The summed E-state index contributed by atoms with van der Waals surface area (Å²) >= 11 is 2.10. The number of nitrogens with one attached hydrogen (secondary N) is 1. The molecular weight excluding hydrogens is 204 g/mol. The third-order valence-electron chi connectivity index (χ3n) is 2.88. The van der Waals surface area contributed by atoms with Gasteiger partial charge in [0.2, 0.25) is 0 Å². The van der Waals surface area contributed by atoms with E-state index in [1.807, 2.05) is 13.8 Å². The third kappa shape index (κ3) is 5.44. The van der Waals surface area contributed by atoms with E-state index in [-0.39, 0.29) is 5.41 Å². The van der Waals surface area contributed by atoms with Crippen LogP contribution in [0.25, 0.3) is 0 Å². The SMILES string of the molecule is CC(C)(C#N)CCNCC1CCCCS1. The Hall–Kier alpha value is -0.200. The molecule has 1 aliphatic rings. The molecule has 1 N–H and O–H groups in total. The van der Waals surface area contributed by atoms with Gasteiger partial charge < -0.3 is 5.32 Å². The van der Waals surface area contributed by atoms with Gasteiger partial charge in [-0.2, -0.15) is 17.0 Å². The number of rotatable bonds is 5. The van der Waals surface area contributed by atoms with Gasteiger partial charge in [0.25, 0.3) is 0 Å². The summed E-state index contributed by atoms with van der Waals surface area (Å²) in [6.07, 6.45) is 5.09. The quantitative estimate of drug-likeness (QED) is 0.732. The summed E-state index contributed by atoms with van der Waals surface area (Å²) in [6, 6.07) is 2.33. The molecule has 1 unspecified atom stereocenters. The summed E-state index contributed by atoms with van der Waals surface area (Å²) < 4.78 is 0. The van der Waals surface area contributed by atoms with Crippen LogP contribution in [0.5, 0.6) is 0 Å². The minimum Gasteiger partial charge on any atom is -0.316 e. The molecule has 2 nitrogen and oxygen atoms in total. The van der Waals surface area contributed by atoms with E-state index in [0.29, 0.717) is 0 Å². The van der Waals surface area contributed by atoms with E-state index in [9.17, 15) is 0 Å². The molecule has 0 spiro atoms. The van der Waals surface area contributed by atoms with Gasteiger partial charge in [0.05, 0.1) is 11.5 Å². The molecule has 0 aliphatic carbocycles. The Labute approximate surface area is 97.8 Å². The predicted molar refractivity (Wildman–Crippen MR) is 67.0 cm³/mol. The lowest BCUT2D eigenvalue weighted by atomic mass is 9.91. The summed E-state index contributed by atoms with van der Waals surface area (Å²) in [5.41, 5.74) is -0.174. The molecule has 0 bridgehead atoms. The molecule has 86 valence electrons. The summed E-state index contributed by atoms with van der Waals surface area (Å²) in [4.78, 5) is 0. The number of nitriles is 1. The smallest absolute Gasteiger partial charge is 0.0684 e. The fraction of sp³-hybridized carbons (Fsp3) is 0.917. The van der Waals surface area contributed by atoms with Gasteiger partial charge in [-0.1, -0.05) is 6.42 Å². The van der Waals surface area contributed by atoms with E-state index < -0.39 is 0 Å². The topological polar surface area (TPSA) is 35.8 Å². The second-order valence-corrected chi connectivity index (χ2v) is 6.35. The van der Waals surface area contributed by atoms with Gasteiger partial charge in [0.15, 0.2) is 0 Å². The lowest BCUT2D eigenvalue weighted by Gasteiger charge is -2.22. The highest BCUT2D eigenvalue weighted by molar-refractivity contribution is 7.99. The van der Waals surface area contributed by atoms with Crippen molar-refractivity contribution in [3.05, 3.63) is 0 Å². The maximum Gasteiger partial charge on any atom is 0.0684 e. The Balaban J connectivity index is 2.04. The fourth-order valence-electron chi connectivity index (χ4n) is 1.69. The van der Waals surface area contributed by atoms with Crippen molar-refractivity contribution in [2.24, 2.45) is 5.41 Å². The highest BCUT2D eigenvalue weighted by atomic mass is 32.2. The summed E-state index contributed by atoms with van der Waals surface area (Å²) in [7, 11) is 0. The van der Waals surface area contributed by atoms with E-state index in [4.69, 9.17) is 5.26 Å². The molecule has 1 aliphatic heterocycles. The van der Waals surface area contributed by atoms with E-state index >= 15 is 0 Å². The van der Waals surface area contributed by atoms with E-state index in [1.54, 1.807) is 0 Å². The van der Waals surface area contributed by atoms with Crippen molar-refractivity contribution in [2.75, 3.05) is 18.8 Å². The Bertz CT molecular complexity index is 214. The molecular formula is C12H22N2S. The minimum atomic E-state index is -0.174. The number of nitrogens with zero attached hydrogens (tertiary/aromatic N) is 1. The highest BCUT2D eigenvalue weighted by Gasteiger charge is 2.17. The first kappa shape index (κ1) is 12.9. The Morgan fingerprint density at radius 2 is 2.27 bits per heavy atom. The van der Waals surface area contributed by atoms with Crippen LogP contribution in [0.15, 0.2) is 0 Å². The first-order valence-electron chi connectivity index (χ1n) is 5.88. The Kier molecular flexibility index (Phi) is 5.49. The molecule has 15 heavy (non-hydrogen) atoms.